The summed E-state index contributed by atoms with van der Waals surface area (Å²) in [4.78, 5) is 25.3. The Kier molecular flexibility index (Phi) is 4.05. The molecule has 15 heavy (non-hydrogen) atoms. The number of hydrogen-bond donors (Lipinski definition) is 1. The van der Waals surface area contributed by atoms with Gasteiger partial charge in [0.2, 0.25) is 0 Å². The fourth-order valence-corrected chi connectivity index (χ4v) is 1.26. The van der Waals surface area contributed by atoms with Crippen LogP contribution >= 0.6 is 0 Å². The van der Waals surface area contributed by atoms with Crippen molar-refractivity contribution < 1.29 is 14.3 Å². The van der Waals surface area contributed by atoms with Crippen LogP contribution in [0, 0.1) is 0 Å². The van der Waals surface area contributed by atoms with E-state index < -0.39 is 5.97 Å². The van der Waals surface area contributed by atoms with Crippen LogP contribution in [0.1, 0.15) is 15.9 Å². The Morgan fingerprint density at radius 2 is 2.20 bits per heavy atom. The predicted octanol–water partition coefficient (Wildman–Crippen LogP) is 0.350. The maximum Gasteiger partial charge on any atom is 0.338 e. The second kappa shape index (κ2) is 5.31. The highest BCUT2D eigenvalue weighted by Gasteiger charge is 2.13. The zero-order valence-corrected chi connectivity index (χ0v) is 8.70. The van der Waals surface area contributed by atoms with Crippen LogP contribution in [0.25, 0.3) is 0 Å². The minimum atomic E-state index is -0.507. The summed E-state index contributed by atoms with van der Waals surface area (Å²) < 4.78 is 9.44. The van der Waals surface area contributed by atoms with Crippen molar-refractivity contribution in [1.29, 1.82) is 0 Å². The summed E-state index contributed by atoms with van der Waals surface area (Å²) in [5, 5.41) is 0. The van der Waals surface area contributed by atoms with E-state index >= 15 is 0 Å². The number of carbonyl (C=O) groups is 1. The molecule has 1 N–H and O–H groups in total. The van der Waals surface area contributed by atoms with Gasteiger partial charge in [0.05, 0.1) is 19.3 Å². The molecule has 82 valence electrons. The average Bonchev–Trinajstić information content (AvgIpc) is 2.26. The molecule has 0 fully saturated rings. The molecule has 0 spiro atoms. The molecule has 0 aliphatic rings. The molecule has 0 aliphatic carbocycles. The van der Waals surface area contributed by atoms with Crippen molar-refractivity contribution in [3.63, 3.8) is 0 Å². The summed E-state index contributed by atoms with van der Waals surface area (Å²) in [5.41, 5.74) is 0.402. The second-order valence-corrected chi connectivity index (χ2v) is 2.93. The molecule has 0 unspecified atom stereocenters. The number of pyridine rings is 1. The van der Waals surface area contributed by atoms with Crippen LogP contribution in [0.15, 0.2) is 17.1 Å². The number of rotatable bonds is 4. The van der Waals surface area contributed by atoms with Gasteiger partial charge in [-0.2, -0.15) is 0 Å². The van der Waals surface area contributed by atoms with E-state index in [0.29, 0.717) is 24.2 Å². The largest absolute Gasteiger partial charge is 0.465 e. The Morgan fingerprint density at radius 1 is 1.47 bits per heavy atom. The van der Waals surface area contributed by atoms with Crippen LogP contribution in [-0.4, -0.2) is 31.8 Å². The lowest BCUT2D eigenvalue weighted by Crippen LogP contribution is -2.19. The zero-order valence-electron chi connectivity index (χ0n) is 8.70. The van der Waals surface area contributed by atoms with Gasteiger partial charge in [0.15, 0.2) is 0 Å². The molecule has 0 radical (unpaired) electrons. The Bertz CT molecular complexity index is 397. The van der Waals surface area contributed by atoms with E-state index in [1.54, 1.807) is 0 Å². The zero-order chi connectivity index (χ0) is 11.3. The number of methoxy groups -OCH3 is 2. The van der Waals surface area contributed by atoms with Crippen LogP contribution in [-0.2, 0) is 15.9 Å². The van der Waals surface area contributed by atoms with Crippen molar-refractivity contribution in [2.45, 2.75) is 6.42 Å². The minimum Gasteiger partial charge on any atom is -0.465 e. The first kappa shape index (κ1) is 11.5. The first-order valence-electron chi connectivity index (χ1n) is 4.48. The van der Waals surface area contributed by atoms with Gasteiger partial charge in [-0.15, -0.1) is 0 Å². The maximum absolute atomic E-state index is 11.4. The lowest BCUT2D eigenvalue weighted by Gasteiger charge is -2.05. The fraction of sp³-hybridized carbons (Fsp3) is 0.400. The molecular formula is C10H13NO4. The van der Waals surface area contributed by atoms with Crippen LogP contribution in [0.5, 0.6) is 0 Å². The quantitative estimate of drug-likeness (QED) is 0.730. The smallest absolute Gasteiger partial charge is 0.338 e. The number of carbonyl (C=O) groups excluding carboxylic acids is 1. The number of hydrogen-bond acceptors (Lipinski definition) is 4. The number of nitrogens with one attached hydrogen (secondary N) is 1. The average molecular weight is 211 g/mol. The second-order valence-electron chi connectivity index (χ2n) is 2.93. The van der Waals surface area contributed by atoms with Crippen molar-refractivity contribution in [2.75, 3.05) is 20.8 Å². The molecular weight excluding hydrogens is 198 g/mol. The SMILES string of the molecule is COCCc1c(C(=O)OC)cc[nH]c1=O. The lowest BCUT2D eigenvalue weighted by molar-refractivity contribution is 0.0598. The Morgan fingerprint density at radius 3 is 2.80 bits per heavy atom. The third-order valence-corrected chi connectivity index (χ3v) is 2.03. The molecule has 1 aromatic rings. The highest BCUT2D eigenvalue weighted by Crippen LogP contribution is 2.05. The minimum absolute atomic E-state index is 0.282. The summed E-state index contributed by atoms with van der Waals surface area (Å²) in [7, 11) is 2.82. The topological polar surface area (TPSA) is 68.4 Å². The van der Waals surface area contributed by atoms with Gasteiger partial charge in [-0.05, 0) is 6.07 Å². The summed E-state index contributed by atoms with van der Waals surface area (Å²) in [5.74, 6) is -0.507. The molecule has 5 nitrogen and oxygen atoms in total. The van der Waals surface area contributed by atoms with E-state index in [4.69, 9.17) is 4.74 Å². The van der Waals surface area contributed by atoms with Crippen LogP contribution in [0.3, 0.4) is 0 Å². The van der Waals surface area contributed by atoms with Gasteiger partial charge in [-0.25, -0.2) is 4.79 Å². The molecule has 0 atom stereocenters. The van der Waals surface area contributed by atoms with E-state index in [9.17, 15) is 9.59 Å². The molecule has 0 amide bonds. The first-order valence-corrected chi connectivity index (χ1v) is 4.48. The third kappa shape index (κ3) is 2.66. The van der Waals surface area contributed by atoms with Gasteiger partial charge in [-0.3, -0.25) is 4.79 Å². The highest BCUT2D eigenvalue weighted by atomic mass is 16.5. The van der Waals surface area contributed by atoms with E-state index in [0.717, 1.165) is 0 Å². The van der Waals surface area contributed by atoms with E-state index in [-0.39, 0.29) is 5.56 Å². The number of aromatic nitrogens is 1. The molecule has 1 aromatic heterocycles. The molecule has 0 aromatic carbocycles. The van der Waals surface area contributed by atoms with Crippen molar-refractivity contribution >= 4 is 5.97 Å². The van der Waals surface area contributed by atoms with Crippen molar-refractivity contribution in [1.82, 2.24) is 4.98 Å². The number of esters is 1. The molecule has 5 heteroatoms. The van der Waals surface area contributed by atoms with Gasteiger partial charge in [0, 0.05) is 25.3 Å². The van der Waals surface area contributed by atoms with E-state index in [2.05, 4.69) is 9.72 Å². The summed E-state index contributed by atoms with van der Waals surface area (Å²) >= 11 is 0. The molecule has 0 bridgehead atoms. The number of ether oxygens (including phenoxy) is 2. The van der Waals surface area contributed by atoms with E-state index in [1.807, 2.05) is 0 Å². The summed E-state index contributed by atoms with van der Waals surface area (Å²) in [6.07, 6.45) is 1.81. The summed E-state index contributed by atoms with van der Waals surface area (Å²) in [6.45, 7) is 0.386. The molecule has 0 saturated heterocycles. The lowest BCUT2D eigenvalue weighted by atomic mass is 10.1. The number of H-pyrrole nitrogens is 1. The van der Waals surface area contributed by atoms with Gasteiger partial charge >= 0.3 is 5.97 Å². The molecule has 0 aliphatic heterocycles. The van der Waals surface area contributed by atoms with Gasteiger partial charge in [0.1, 0.15) is 0 Å². The predicted molar refractivity (Wildman–Crippen MR) is 54.0 cm³/mol. The molecule has 0 saturated carbocycles. The van der Waals surface area contributed by atoms with Crippen LogP contribution in [0.4, 0.5) is 0 Å². The number of aromatic amines is 1. The Hall–Kier alpha value is -1.62. The van der Waals surface area contributed by atoms with Crippen molar-refractivity contribution in [3.8, 4) is 0 Å². The molecule has 1 heterocycles. The van der Waals surface area contributed by atoms with Crippen LogP contribution in [0.2, 0.25) is 0 Å². The Labute approximate surface area is 87.0 Å². The van der Waals surface area contributed by atoms with Gasteiger partial charge < -0.3 is 14.5 Å². The van der Waals surface area contributed by atoms with Crippen molar-refractivity contribution in [3.05, 3.63) is 33.7 Å². The standard InChI is InChI=1S/C10H13NO4/c1-14-6-4-7-8(10(13)15-2)3-5-11-9(7)12/h3,5H,4,6H2,1-2H3,(H,11,12). The van der Waals surface area contributed by atoms with Crippen molar-refractivity contribution in [2.24, 2.45) is 0 Å². The summed E-state index contributed by atoms with van der Waals surface area (Å²) in [6, 6.07) is 1.53. The monoisotopic (exact) mass is 211 g/mol. The molecule has 1 rings (SSSR count). The van der Waals surface area contributed by atoms with Gasteiger partial charge in [0.25, 0.3) is 5.56 Å². The highest BCUT2D eigenvalue weighted by molar-refractivity contribution is 5.90. The third-order valence-electron chi connectivity index (χ3n) is 2.03. The van der Waals surface area contributed by atoms with Crippen LogP contribution < -0.4 is 5.56 Å². The fourth-order valence-electron chi connectivity index (χ4n) is 1.26. The Balaban J connectivity index is 3.08. The normalized spacial score (nSPS) is 10.0. The first-order chi connectivity index (χ1) is 7.20. The van der Waals surface area contributed by atoms with E-state index in [1.165, 1.54) is 26.5 Å². The van der Waals surface area contributed by atoms with Gasteiger partial charge in [-0.1, -0.05) is 0 Å². The maximum atomic E-state index is 11.4.